The molecule has 0 aromatic heterocycles. The molecule has 0 saturated heterocycles. The van der Waals surface area contributed by atoms with Crippen LogP contribution >= 0.6 is 0 Å². The fraction of sp³-hybridized carbons (Fsp3) is 1.00. The molecule has 0 aromatic carbocycles. The van der Waals surface area contributed by atoms with E-state index in [0.717, 1.165) is 17.8 Å². The normalized spacial score (nSPS) is 25.0. The highest BCUT2D eigenvalue weighted by Crippen LogP contribution is 2.52. The second-order valence-electron chi connectivity index (χ2n) is 11.5. The number of unbranched alkanes of at least 4 members (excludes halogenated alkanes) is 3. The molecule has 1 aliphatic carbocycles. The Morgan fingerprint density at radius 2 is 1.23 bits per heavy atom. The van der Waals surface area contributed by atoms with E-state index in [1.165, 1.54) is 75.6 Å². The minimum absolute atomic E-state index is 0.477. The van der Waals surface area contributed by atoms with Crippen molar-refractivity contribution in [3.63, 3.8) is 0 Å². The summed E-state index contributed by atoms with van der Waals surface area (Å²) in [5.41, 5.74) is 0.963. The summed E-state index contributed by atoms with van der Waals surface area (Å²) < 4.78 is 1.32. The van der Waals surface area contributed by atoms with E-state index in [-0.39, 0.29) is 0 Å². The molecule has 0 heterocycles. The van der Waals surface area contributed by atoms with Crippen LogP contribution in [0.5, 0.6) is 0 Å². The van der Waals surface area contributed by atoms with Crippen LogP contribution in [-0.4, -0.2) is 30.7 Å². The van der Waals surface area contributed by atoms with Gasteiger partial charge in [0.2, 0.25) is 0 Å². The molecule has 0 aromatic rings. The van der Waals surface area contributed by atoms with E-state index < -0.39 is 0 Å². The van der Waals surface area contributed by atoms with Gasteiger partial charge < -0.3 is 4.48 Å². The second kappa shape index (κ2) is 9.94. The van der Waals surface area contributed by atoms with Crippen LogP contribution in [0.2, 0.25) is 0 Å². The molecule has 3 unspecified atom stereocenters. The summed E-state index contributed by atoms with van der Waals surface area (Å²) in [6.45, 7) is 27.2. The standard InChI is InChI=1S/C25H52N/c1-10-26(11-2,12-3)18-16-14-13-15-17-21-19-22(24(4,5)6)20-23(21)25(7,8)9/h21-23H,10-20H2,1-9H3/q+1. The number of hydrogen-bond acceptors (Lipinski definition) is 0. The molecule has 1 fully saturated rings. The molecule has 0 bridgehead atoms. The van der Waals surface area contributed by atoms with E-state index in [9.17, 15) is 0 Å². The molecule has 1 rings (SSSR count). The predicted molar refractivity (Wildman–Crippen MR) is 118 cm³/mol. The van der Waals surface area contributed by atoms with Crippen LogP contribution in [0.15, 0.2) is 0 Å². The van der Waals surface area contributed by atoms with Crippen molar-refractivity contribution >= 4 is 0 Å². The van der Waals surface area contributed by atoms with Crippen molar-refractivity contribution in [3.05, 3.63) is 0 Å². The van der Waals surface area contributed by atoms with Crippen molar-refractivity contribution in [2.75, 3.05) is 26.2 Å². The van der Waals surface area contributed by atoms with E-state index in [1.54, 1.807) is 0 Å². The molecule has 0 N–H and O–H groups in total. The lowest BCUT2D eigenvalue weighted by Crippen LogP contribution is -2.48. The Labute approximate surface area is 166 Å². The van der Waals surface area contributed by atoms with Gasteiger partial charge in [-0.05, 0) is 75.0 Å². The molecule has 1 saturated carbocycles. The van der Waals surface area contributed by atoms with E-state index in [0.29, 0.717) is 10.8 Å². The van der Waals surface area contributed by atoms with E-state index in [2.05, 4.69) is 62.3 Å². The summed E-state index contributed by atoms with van der Waals surface area (Å²) in [6, 6.07) is 0. The van der Waals surface area contributed by atoms with Crippen LogP contribution in [0.4, 0.5) is 0 Å². The summed E-state index contributed by atoms with van der Waals surface area (Å²) >= 11 is 0. The monoisotopic (exact) mass is 366 g/mol. The first-order chi connectivity index (χ1) is 12.0. The van der Waals surface area contributed by atoms with E-state index in [4.69, 9.17) is 0 Å². The van der Waals surface area contributed by atoms with E-state index >= 15 is 0 Å². The first-order valence-electron chi connectivity index (χ1n) is 11.8. The highest BCUT2D eigenvalue weighted by Gasteiger charge is 2.43. The van der Waals surface area contributed by atoms with Gasteiger partial charge in [0.05, 0.1) is 26.2 Å². The topological polar surface area (TPSA) is 0 Å². The SMILES string of the molecule is CC[N+](CC)(CC)CCCCCCC1CC(C(C)(C)C)CC1C(C)(C)C. The van der Waals surface area contributed by atoms with Gasteiger partial charge in [-0.15, -0.1) is 0 Å². The van der Waals surface area contributed by atoms with Gasteiger partial charge in [-0.1, -0.05) is 60.8 Å². The maximum atomic E-state index is 2.48. The Hall–Kier alpha value is -0.0400. The molecule has 3 atom stereocenters. The third-order valence-corrected chi connectivity index (χ3v) is 8.00. The Morgan fingerprint density at radius 3 is 1.69 bits per heavy atom. The van der Waals surface area contributed by atoms with Gasteiger partial charge in [-0.2, -0.15) is 0 Å². The zero-order valence-corrected chi connectivity index (χ0v) is 20.0. The molecular weight excluding hydrogens is 314 g/mol. The second-order valence-corrected chi connectivity index (χ2v) is 11.5. The fourth-order valence-corrected chi connectivity index (χ4v) is 5.56. The third kappa shape index (κ3) is 6.84. The van der Waals surface area contributed by atoms with Gasteiger partial charge in [0.1, 0.15) is 0 Å². The summed E-state index contributed by atoms with van der Waals surface area (Å²) in [6.07, 6.45) is 10.2. The average molecular weight is 367 g/mol. The van der Waals surface area contributed by atoms with Gasteiger partial charge in [0.25, 0.3) is 0 Å². The molecule has 0 radical (unpaired) electrons. The van der Waals surface area contributed by atoms with Crippen molar-refractivity contribution in [2.24, 2.45) is 28.6 Å². The average Bonchev–Trinajstić information content (AvgIpc) is 3.00. The molecule has 156 valence electrons. The molecule has 0 aliphatic heterocycles. The lowest BCUT2D eigenvalue weighted by molar-refractivity contribution is -0.923. The van der Waals surface area contributed by atoms with E-state index in [1.807, 2.05) is 0 Å². The van der Waals surface area contributed by atoms with Crippen LogP contribution in [0, 0.1) is 28.6 Å². The van der Waals surface area contributed by atoms with Gasteiger partial charge in [0, 0.05) is 0 Å². The molecule has 0 spiro atoms. The minimum atomic E-state index is 0.477. The zero-order chi connectivity index (χ0) is 20.0. The van der Waals surface area contributed by atoms with Crippen LogP contribution < -0.4 is 0 Å². The summed E-state index contributed by atoms with van der Waals surface area (Å²) in [7, 11) is 0. The lowest BCUT2D eigenvalue weighted by Gasteiger charge is -2.36. The Morgan fingerprint density at radius 1 is 0.692 bits per heavy atom. The quantitative estimate of drug-likeness (QED) is 0.276. The molecule has 26 heavy (non-hydrogen) atoms. The number of rotatable bonds is 10. The van der Waals surface area contributed by atoms with Crippen LogP contribution in [-0.2, 0) is 0 Å². The maximum Gasteiger partial charge on any atom is 0.0786 e. The van der Waals surface area contributed by atoms with Crippen LogP contribution in [0.1, 0.15) is 107 Å². The van der Waals surface area contributed by atoms with Crippen molar-refractivity contribution in [1.29, 1.82) is 0 Å². The lowest BCUT2D eigenvalue weighted by atomic mass is 9.72. The van der Waals surface area contributed by atoms with Gasteiger partial charge in [-0.25, -0.2) is 0 Å². The molecule has 1 nitrogen and oxygen atoms in total. The number of hydrogen-bond donors (Lipinski definition) is 0. The molecule has 1 heteroatoms. The first-order valence-corrected chi connectivity index (χ1v) is 11.8. The molecule has 1 aliphatic rings. The first kappa shape index (κ1) is 24.0. The van der Waals surface area contributed by atoms with Gasteiger partial charge >= 0.3 is 0 Å². The summed E-state index contributed by atoms with van der Waals surface area (Å²) in [5, 5.41) is 0. The minimum Gasteiger partial charge on any atom is -0.324 e. The summed E-state index contributed by atoms with van der Waals surface area (Å²) in [5.74, 6) is 2.82. The summed E-state index contributed by atoms with van der Waals surface area (Å²) in [4.78, 5) is 0. The fourth-order valence-electron chi connectivity index (χ4n) is 5.56. The van der Waals surface area contributed by atoms with Crippen molar-refractivity contribution in [1.82, 2.24) is 0 Å². The maximum absolute atomic E-state index is 2.48. The van der Waals surface area contributed by atoms with Gasteiger partial charge in [-0.3, -0.25) is 0 Å². The Bertz CT molecular complexity index is 372. The Kier molecular flexibility index (Phi) is 9.18. The molecule has 0 amide bonds. The highest BCUT2D eigenvalue weighted by atomic mass is 15.3. The van der Waals surface area contributed by atoms with Crippen LogP contribution in [0.3, 0.4) is 0 Å². The van der Waals surface area contributed by atoms with Crippen molar-refractivity contribution in [3.8, 4) is 0 Å². The predicted octanol–water partition coefficient (Wildman–Crippen LogP) is 7.55. The largest absolute Gasteiger partial charge is 0.324 e. The van der Waals surface area contributed by atoms with Gasteiger partial charge in [0.15, 0.2) is 0 Å². The van der Waals surface area contributed by atoms with Crippen LogP contribution in [0.25, 0.3) is 0 Å². The highest BCUT2D eigenvalue weighted by molar-refractivity contribution is 4.93. The molecular formula is C25H52N+. The van der Waals surface area contributed by atoms with Crippen molar-refractivity contribution < 1.29 is 4.48 Å². The third-order valence-electron chi connectivity index (χ3n) is 8.00. The number of quaternary nitrogens is 1. The smallest absolute Gasteiger partial charge is 0.0786 e. The number of nitrogens with zero attached hydrogens (tertiary/aromatic N) is 1. The Balaban J connectivity index is 2.41. The zero-order valence-electron chi connectivity index (χ0n) is 20.0. The van der Waals surface area contributed by atoms with Crippen molar-refractivity contribution in [2.45, 2.75) is 107 Å².